The van der Waals surface area contributed by atoms with E-state index in [-0.39, 0.29) is 18.2 Å². The van der Waals surface area contributed by atoms with E-state index in [0.717, 1.165) is 11.3 Å². The van der Waals surface area contributed by atoms with Crippen molar-refractivity contribution in [1.29, 1.82) is 0 Å². The molecule has 0 aliphatic rings. The molecular formula is C9H7FO2S. The van der Waals surface area contributed by atoms with Crippen LogP contribution in [0.25, 0.3) is 10.1 Å². The molecule has 4 heteroatoms. The number of fused-ring (bicyclic) bond motifs is 1. The monoisotopic (exact) mass is 198 g/mol. The lowest BCUT2D eigenvalue weighted by atomic mass is 10.1. The number of hydrogen-bond donors (Lipinski definition) is 2. The van der Waals surface area contributed by atoms with Gasteiger partial charge in [0, 0.05) is 10.8 Å². The summed E-state index contributed by atoms with van der Waals surface area (Å²) in [6.45, 7) is -0.196. The topological polar surface area (TPSA) is 40.5 Å². The Balaban J connectivity index is 2.80. The van der Waals surface area contributed by atoms with Crippen LogP contribution >= 0.6 is 11.3 Å². The van der Waals surface area contributed by atoms with Gasteiger partial charge in [-0.1, -0.05) is 0 Å². The molecule has 0 bridgehead atoms. The van der Waals surface area contributed by atoms with E-state index in [2.05, 4.69) is 0 Å². The molecule has 13 heavy (non-hydrogen) atoms. The molecule has 0 aliphatic heterocycles. The predicted molar refractivity (Wildman–Crippen MR) is 49.4 cm³/mol. The van der Waals surface area contributed by atoms with Crippen molar-refractivity contribution in [2.24, 2.45) is 0 Å². The summed E-state index contributed by atoms with van der Waals surface area (Å²) in [6, 6.07) is 2.99. The van der Waals surface area contributed by atoms with Crippen LogP contribution in [-0.2, 0) is 6.61 Å². The number of thiophene rings is 1. The van der Waals surface area contributed by atoms with Crippen LogP contribution in [0.3, 0.4) is 0 Å². The number of phenolic OH excluding ortho intramolecular Hbond substituents is 1. The third-order valence-electron chi connectivity index (χ3n) is 1.85. The van der Waals surface area contributed by atoms with Gasteiger partial charge in [-0.15, -0.1) is 11.3 Å². The summed E-state index contributed by atoms with van der Waals surface area (Å²) in [4.78, 5) is 0. The van der Waals surface area contributed by atoms with Gasteiger partial charge in [-0.25, -0.2) is 4.39 Å². The summed E-state index contributed by atoms with van der Waals surface area (Å²) >= 11 is 1.15. The van der Waals surface area contributed by atoms with E-state index in [1.54, 1.807) is 6.07 Å². The number of benzene rings is 1. The first-order chi connectivity index (χ1) is 6.22. The van der Waals surface area contributed by atoms with Crippen LogP contribution in [0.4, 0.5) is 4.39 Å². The highest BCUT2D eigenvalue weighted by Gasteiger charge is 2.08. The minimum absolute atomic E-state index is 0.0236. The van der Waals surface area contributed by atoms with Crippen molar-refractivity contribution in [2.75, 3.05) is 0 Å². The molecule has 2 aromatic rings. The summed E-state index contributed by atoms with van der Waals surface area (Å²) in [5, 5.41) is 20.0. The van der Waals surface area contributed by atoms with E-state index >= 15 is 0 Å². The van der Waals surface area contributed by atoms with Gasteiger partial charge in [-0.2, -0.15) is 0 Å². The number of rotatable bonds is 1. The minimum atomic E-state index is -0.356. The van der Waals surface area contributed by atoms with Gasteiger partial charge in [0.25, 0.3) is 0 Å². The molecule has 0 saturated carbocycles. The van der Waals surface area contributed by atoms with Crippen LogP contribution in [-0.4, -0.2) is 10.2 Å². The Labute approximate surface area is 77.9 Å². The van der Waals surface area contributed by atoms with Crippen LogP contribution in [0.2, 0.25) is 0 Å². The summed E-state index contributed by atoms with van der Waals surface area (Å²) in [7, 11) is 0. The fourth-order valence-electron chi connectivity index (χ4n) is 1.24. The van der Waals surface area contributed by atoms with Crippen LogP contribution in [0.15, 0.2) is 17.5 Å². The summed E-state index contributed by atoms with van der Waals surface area (Å²) in [5.41, 5.74) is 0.516. The van der Waals surface area contributed by atoms with Gasteiger partial charge in [0.15, 0.2) is 0 Å². The van der Waals surface area contributed by atoms with Crippen molar-refractivity contribution < 1.29 is 14.6 Å². The zero-order valence-corrected chi connectivity index (χ0v) is 7.44. The fourth-order valence-corrected chi connectivity index (χ4v) is 2.05. The third kappa shape index (κ3) is 1.28. The van der Waals surface area contributed by atoms with Crippen molar-refractivity contribution in [1.82, 2.24) is 0 Å². The predicted octanol–water partition coefficient (Wildman–Crippen LogP) is 2.24. The Morgan fingerprint density at radius 2 is 2.15 bits per heavy atom. The summed E-state index contributed by atoms with van der Waals surface area (Å²) in [5.74, 6) is -0.332. The van der Waals surface area contributed by atoms with Crippen molar-refractivity contribution in [3.8, 4) is 5.75 Å². The molecule has 1 heterocycles. The first-order valence-corrected chi connectivity index (χ1v) is 4.60. The Bertz CT molecular complexity index is 450. The van der Waals surface area contributed by atoms with Crippen LogP contribution < -0.4 is 0 Å². The van der Waals surface area contributed by atoms with Gasteiger partial charge in [-0.05, 0) is 17.7 Å². The smallest absolute Gasteiger partial charge is 0.141 e. The van der Waals surface area contributed by atoms with Crippen LogP contribution in [0.1, 0.15) is 5.56 Å². The number of hydrogen-bond acceptors (Lipinski definition) is 3. The Morgan fingerprint density at radius 1 is 1.38 bits per heavy atom. The molecular weight excluding hydrogens is 191 g/mol. The molecule has 2 nitrogen and oxygen atoms in total. The first kappa shape index (κ1) is 8.47. The van der Waals surface area contributed by atoms with E-state index in [1.807, 2.05) is 0 Å². The van der Waals surface area contributed by atoms with E-state index in [1.165, 1.54) is 11.4 Å². The summed E-state index contributed by atoms with van der Waals surface area (Å²) < 4.78 is 13.6. The molecule has 1 aromatic heterocycles. The standard InChI is InChI=1S/C9H7FO2S/c10-7-4-13-9-6(7)1-5(3-11)2-8(9)12/h1-2,4,11-12H,3H2. The number of aliphatic hydroxyl groups excluding tert-OH is 1. The molecule has 0 amide bonds. The highest BCUT2D eigenvalue weighted by atomic mass is 32.1. The minimum Gasteiger partial charge on any atom is -0.506 e. The van der Waals surface area contributed by atoms with Gasteiger partial charge in [0.05, 0.1) is 11.3 Å². The van der Waals surface area contributed by atoms with Crippen molar-refractivity contribution in [2.45, 2.75) is 6.61 Å². The zero-order valence-electron chi connectivity index (χ0n) is 6.62. The first-order valence-electron chi connectivity index (χ1n) is 3.72. The molecule has 2 N–H and O–H groups in total. The largest absolute Gasteiger partial charge is 0.506 e. The number of aliphatic hydroxyl groups is 1. The summed E-state index contributed by atoms with van der Waals surface area (Å²) in [6.07, 6.45) is 0. The second-order valence-electron chi connectivity index (χ2n) is 2.73. The van der Waals surface area contributed by atoms with Gasteiger partial charge in [0.2, 0.25) is 0 Å². The zero-order chi connectivity index (χ0) is 9.42. The maximum Gasteiger partial charge on any atom is 0.141 e. The molecule has 68 valence electrons. The van der Waals surface area contributed by atoms with Crippen molar-refractivity contribution in [3.63, 3.8) is 0 Å². The van der Waals surface area contributed by atoms with Crippen molar-refractivity contribution in [3.05, 3.63) is 28.9 Å². The molecule has 0 unspecified atom stereocenters. The Hall–Kier alpha value is -1.13. The Morgan fingerprint density at radius 3 is 2.85 bits per heavy atom. The fraction of sp³-hybridized carbons (Fsp3) is 0.111. The quantitative estimate of drug-likeness (QED) is 0.737. The van der Waals surface area contributed by atoms with Crippen LogP contribution in [0.5, 0.6) is 5.75 Å². The van der Waals surface area contributed by atoms with E-state index in [9.17, 15) is 9.50 Å². The second kappa shape index (κ2) is 2.97. The lowest BCUT2D eigenvalue weighted by Gasteiger charge is -1.99. The molecule has 0 atom stereocenters. The van der Waals surface area contributed by atoms with Crippen LogP contribution in [0, 0.1) is 5.82 Å². The maximum absolute atomic E-state index is 13.1. The number of aromatic hydroxyl groups is 1. The van der Waals surface area contributed by atoms with Gasteiger partial charge in [0.1, 0.15) is 11.6 Å². The van der Waals surface area contributed by atoms with Gasteiger partial charge >= 0.3 is 0 Å². The highest BCUT2D eigenvalue weighted by Crippen LogP contribution is 2.33. The van der Waals surface area contributed by atoms with E-state index < -0.39 is 0 Å². The number of halogens is 1. The third-order valence-corrected chi connectivity index (χ3v) is 2.84. The van der Waals surface area contributed by atoms with Gasteiger partial charge in [-0.3, -0.25) is 0 Å². The SMILES string of the molecule is OCc1cc(O)c2scc(F)c2c1. The van der Waals surface area contributed by atoms with Gasteiger partial charge < -0.3 is 10.2 Å². The average molecular weight is 198 g/mol. The molecule has 1 aromatic carbocycles. The molecule has 0 radical (unpaired) electrons. The second-order valence-corrected chi connectivity index (χ2v) is 3.61. The average Bonchev–Trinajstić information content (AvgIpc) is 2.48. The molecule has 0 fully saturated rings. The maximum atomic E-state index is 13.1. The van der Waals surface area contributed by atoms with Crippen molar-refractivity contribution >= 4 is 21.4 Å². The highest BCUT2D eigenvalue weighted by molar-refractivity contribution is 7.17. The molecule has 0 saturated heterocycles. The molecule has 0 spiro atoms. The van der Waals surface area contributed by atoms with E-state index in [4.69, 9.17) is 5.11 Å². The lowest BCUT2D eigenvalue weighted by Crippen LogP contribution is -1.82. The normalized spacial score (nSPS) is 10.9. The number of phenols is 1. The Kier molecular flexibility index (Phi) is 1.94. The van der Waals surface area contributed by atoms with E-state index in [0.29, 0.717) is 15.6 Å². The molecule has 0 aliphatic carbocycles. The lowest BCUT2D eigenvalue weighted by molar-refractivity contribution is 0.281. The molecule has 2 rings (SSSR count).